The number of aliphatic hydroxyl groups excluding tert-OH is 1. The van der Waals surface area contributed by atoms with Crippen molar-refractivity contribution in [3.05, 3.63) is 0 Å². The Kier molecular flexibility index (Phi) is 21.1. The Hall–Kier alpha value is -1.67. The van der Waals surface area contributed by atoms with E-state index in [4.69, 9.17) is 10.8 Å². The monoisotopic (exact) mass is 620 g/mol. The van der Waals surface area contributed by atoms with Crippen molar-refractivity contribution < 1.29 is 34.2 Å². The van der Waals surface area contributed by atoms with Crippen LogP contribution < -0.4 is 21.7 Å². The molecule has 0 fully saturated rings. The maximum Gasteiger partial charge on any atom is 0.305 e. The maximum atomic E-state index is 13.1. The molecular weight excluding hydrogens is 568 g/mol. The van der Waals surface area contributed by atoms with Crippen LogP contribution in [-0.4, -0.2) is 88.4 Å². The van der Waals surface area contributed by atoms with Crippen molar-refractivity contribution in [1.29, 1.82) is 0 Å². The molecule has 0 saturated carbocycles. The number of nitrogens with one attached hydrogen (secondary N) is 3. The lowest BCUT2D eigenvalue weighted by Gasteiger charge is -2.27. The van der Waals surface area contributed by atoms with Gasteiger partial charge in [0.2, 0.25) is 11.8 Å². The summed E-state index contributed by atoms with van der Waals surface area (Å²) < 4.78 is 0. The predicted octanol–water partition coefficient (Wildman–Crippen LogP) is 2.29. The minimum absolute atomic E-state index is 0.164. The molecular formula is C28H52N4O7S2. The highest BCUT2D eigenvalue weighted by Crippen LogP contribution is 2.25. The van der Waals surface area contributed by atoms with Gasteiger partial charge in [-0.1, -0.05) is 75.0 Å². The molecule has 0 heterocycles. The first-order valence-corrected chi connectivity index (χ1v) is 17.1. The minimum atomic E-state index is -1.28. The zero-order valence-corrected chi connectivity index (χ0v) is 27.1. The average Bonchev–Trinajstić information content (AvgIpc) is 2.92. The highest BCUT2D eigenvalue weighted by molar-refractivity contribution is 8.76. The van der Waals surface area contributed by atoms with E-state index in [1.165, 1.54) is 28.5 Å². The maximum absolute atomic E-state index is 13.1. The van der Waals surface area contributed by atoms with Gasteiger partial charge < -0.3 is 31.9 Å². The standard InChI is InChI=1S/C28H52N4O7S2/c1-7-10-11-13-19(9-3)26(37)24(18(5)33)32-28(39)22(30-6)16-41-40-15-21(25(36)17(4)12-8-2)31-27(38)20(29)14-23(34)35/h17-22,24,30,33H,7-16,29H2,1-6H3,(H,31,38)(H,32,39)(H,34,35)/t17?,18-,19?,20+,21+,22+,24+/m1/s1. The van der Waals surface area contributed by atoms with Crippen molar-refractivity contribution in [3.8, 4) is 0 Å². The van der Waals surface area contributed by atoms with E-state index < -0.39 is 54.5 Å². The zero-order valence-electron chi connectivity index (χ0n) is 25.4. The average molecular weight is 621 g/mol. The first-order valence-electron chi connectivity index (χ1n) is 14.6. The second-order valence-electron chi connectivity index (χ2n) is 10.5. The summed E-state index contributed by atoms with van der Waals surface area (Å²) >= 11 is 0. The quantitative estimate of drug-likeness (QED) is 0.0686. The number of rotatable bonds is 24. The lowest BCUT2D eigenvalue weighted by Crippen LogP contribution is -2.55. The Labute approximate surface area is 253 Å². The number of unbranched alkanes of at least 4 members (excludes halogenated alkanes) is 2. The molecule has 0 bridgehead atoms. The zero-order chi connectivity index (χ0) is 31.5. The largest absolute Gasteiger partial charge is 0.481 e. The van der Waals surface area contributed by atoms with Gasteiger partial charge in [0, 0.05) is 23.3 Å². The summed E-state index contributed by atoms with van der Waals surface area (Å²) in [6.45, 7) is 9.26. The van der Waals surface area contributed by atoms with Crippen LogP contribution in [0.25, 0.3) is 0 Å². The first-order chi connectivity index (χ1) is 19.3. The highest BCUT2D eigenvalue weighted by Gasteiger charge is 2.32. The number of carboxylic acid groups (broad SMARTS) is 1. The summed E-state index contributed by atoms with van der Waals surface area (Å²) in [5, 5.41) is 27.5. The normalized spacial score (nSPS) is 16.5. The predicted molar refractivity (Wildman–Crippen MR) is 166 cm³/mol. The molecule has 238 valence electrons. The number of amides is 2. The van der Waals surface area contributed by atoms with Gasteiger partial charge in [-0.25, -0.2) is 0 Å². The molecule has 0 aromatic heterocycles. The topological polar surface area (TPSA) is 188 Å². The van der Waals surface area contributed by atoms with Crippen molar-refractivity contribution in [2.45, 2.75) is 116 Å². The fourth-order valence-corrected chi connectivity index (χ4v) is 6.75. The second-order valence-corrected chi connectivity index (χ2v) is 13.1. The number of nitrogens with two attached hydrogens (primary N) is 1. The molecule has 41 heavy (non-hydrogen) atoms. The van der Waals surface area contributed by atoms with E-state index in [2.05, 4.69) is 22.9 Å². The van der Waals surface area contributed by atoms with Crippen LogP contribution in [0, 0.1) is 11.8 Å². The number of hydrogen-bond donors (Lipinski definition) is 6. The fourth-order valence-electron chi connectivity index (χ4n) is 4.32. The van der Waals surface area contributed by atoms with Crippen LogP contribution in [0.2, 0.25) is 0 Å². The minimum Gasteiger partial charge on any atom is -0.481 e. The summed E-state index contributed by atoms with van der Waals surface area (Å²) in [4.78, 5) is 62.5. The Morgan fingerprint density at radius 2 is 1.44 bits per heavy atom. The molecule has 0 saturated heterocycles. The molecule has 0 aliphatic rings. The molecule has 2 amide bonds. The molecule has 0 aromatic carbocycles. The van der Waals surface area contributed by atoms with Crippen LogP contribution in [0.4, 0.5) is 0 Å². The molecule has 11 nitrogen and oxygen atoms in total. The molecule has 0 aliphatic carbocycles. The SMILES string of the molecule is CCCCCC(CC)C(=O)[C@@H](NC(=O)[C@H](CSSC[C@H](NC(=O)[C@@H](N)CC(=O)O)C(=O)C(C)CCC)NC)[C@@H](C)O. The molecule has 7 N–H and O–H groups in total. The van der Waals surface area contributed by atoms with E-state index in [0.717, 1.165) is 32.1 Å². The number of likely N-dealkylation sites (N-methyl/N-ethyl adjacent to an activating group) is 1. The van der Waals surface area contributed by atoms with Crippen molar-refractivity contribution in [3.63, 3.8) is 0 Å². The van der Waals surface area contributed by atoms with E-state index >= 15 is 0 Å². The third kappa shape index (κ3) is 15.4. The molecule has 0 radical (unpaired) electrons. The van der Waals surface area contributed by atoms with Gasteiger partial charge in [0.25, 0.3) is 0 Å². The van der Waals surface area contributed by atoms with Crippen LogP contribution in [0.15, 0.2) is 0 Å². The molecule has 0 aromatic rings. The summed E-state index contributed by atoms with van der Waals surface area (Å²) in [6, 6.07) is -3.81. The van der Waals surface area contributed by atoms with Gasteiger partial charge in [-0.2, -0.15) is 0 Å². The number of Topliss-reactive ketones (excluding diaryl/α,β-unsaturated/α-hetero) is 2. The van der Waals surface area contributed by atoms with Crippen molar-refractivity contribution in [1.82, 2.24) is 16.0 Å². The molecule has 2 unspecified atom stereocenters. The number of aliphatic hydroxyl groups is 1. The van der Waals surface area contributed by atoms with Crippen molar-refractivity contribution in [2.24, 2.45) is 17.6 Å². The van der Waals surface area contributed by atoms with E-state index in [1.807, 2.05) is 13.8 Å². The van der Waals surface area contributed by atoms with Gasteiger partial charge in [-0.15, -0.1) is 0 Å². The molecule has 7 atom stereocenters. The fraction of sp³-hybridized carbons (Fsp3) is 0.821. The van der Waals surface area contributed by atoms with Crippen molar-refractivity contribution >= 4 is 50.9 Å². The summed E-state index contributed by atoms with van der Waals surface area (Å²) in [6.07, 6.45) is 4.18. The number of aliphatic carboxylic acids is 1. The third-order valence-electron chi connectivity index (χ3n) is 6.95. The van der Waals surface area contributed by atoms with Gasteiger partial charge >= 0.3 is 5.97 Å². The van der Waals surface area contributed by atoms with Crippen LogP contribution in [-0.2, 0) is 24.0 Å². The van der Waals surface area contributed by atoms with Crippen LogP contribution in [0.1, 0.15) is 86.0 Å². The molecule has 0 aliphatic heterocycles. The van der Waals surface area contributed by atoms with Gasteiger partial charge in [-0.05, 0) is 33.2 Å². The summed E-state index contributed by atoms with van der Waals surface area (Å²) in [7, 11) is 4.23. The Morgan fingerprint density at radius 3 is 1.93 bits per heavy atom. The van der Waals surface area contributed by atoms with Crippen LogP contribution in [0.5, 0.6) is 0 Å². The molecule has 0 spiro atoms. The van der Waals surface area contributed by atoms with Gasteiger partial charge in [0.1, 0.15) is 6.04 Å². The lowest BCUT2D eigenvalue weighted by atomic mass is 9.88. The number of hydrogen-bond acceptors (Lipinski definition) is 10. The highest BCUT2D eigenvalue weighted by atomic mass is 33.1. The summed E-state index contributed by atoms with van der Waals surface area (Å²) in [5.74, 6) is -2.70. The Bertz CT molecular complexity index is 831. The molecule has 0 rings (SSSR count). The van der Waals surface area contributed by atoms with E-state index in [0.29, 0.717) is 18.6 Å². The molecule has 13 heteroatoms. The number of carbonyl (C=O) groups excluding carboxylic acids is 4. The van der Waals surface area contributed by atoms with Crippen molar-refractivity contribution in [2.75, 3.05) is 18.6 Å². The Morgan fingerprint density at radius 1 is 0.829 bits per heavy atom. The smallest absolute Gasteiger partial charge is 0.305 e. The number of ketones is 2. The van der Waals surface area contributed by atoms with E-state index in [1.54, 1.807) is 14.0 Å². The lowest BCUT2D eigenvalue weighted by molar-refractivity contribution is -0.139. The van der Waals surface area contributed by atoms with Gasteiger partial charge in [-0.3, -0.25) is 24.0 Å². The van der Waals surface area contributed by atoms with E-state index in [9.17, 15) is 29.1 Å². The Balaban J connectivity index is 5.23. The number of carbonyl (C=O) groups is 5. The van der Waals surface area contributed by atoms with Crippen LogP contribution >= 0.6 is 21.6 Å². The van der Waals surface area contributed by atoms with Gasteiger partial charge in [0.15, 0.2) is 11.6 Å². The number of carboxylic acids is 1. The first kappa shape index (κ1) is 39.3. The third-order valence-corrected chi connectivity index (χ3v) is 9.38. The van der Waals surface area contributed by atoms with Crippen LogP contribution in [0.3, 0.4) is 0 Å². The van der Waals surface area contributed by atoms with E-state index in [-0.39, 0.29) is 29.2 Å². The van der Waals surface area contributed by atoms with Gasteiger partial charge in [0.05, 0.1) is 30.7 Å². The summed E-state index contributed by atoms with van der Waals surface area (Å²) in [5.41, 5.74) is 5.68. The second kappa shape index (κ2) is 21.9.